The molecule has 19 heavy (non-hydrogen) atoms. The van der Waals surface area contributed by atoms with Crippen molar-refractivity contribution >= 4 is 6.21 Å². The Morgan fingerprint density at radius 1 is 1.00 bits per heavy atom. The van der Waals surface area contributed by atoms with E-state index in [1.54, 1.807) is 0 Å². The molecule has 5 rings (SSSR count). The molecule has 4 aliphatic rings. The Morgan fingerprint density at radius 2 is 1.58 bits per heavy atom. The van der Waals surface area contributed by atoms with Gasteiger partial charge in [-0.1, -0.05) is 24.3 Å². The Hall–Kier alpha value is -1.23. The van der Waals surface area contributed by atoms with E-state index in [-0.39, 0.29) is 5.54 Å². The van der Waals surface area contributed by atoms with Crippen LogP contribution >= 0.6 is 0 Å². The summed E-state index contributed by atoms with van der Waals surface area (Å²) >= 11 is 0. The van der Waals surface area contributed by atoms with Crippen LogP contribution in [0.15, 0.2) is 29.3 Å². The summed E-state index contributed by atoms with van der Waals surface area (Å²) in [6.07, 6.45) is 2.09. The van der Waals surface area contributed by atoms with Crippen LogP contribution in [-0.4, -0.2) is 66.1 Å². The molecule has 4 aliphatic heterocycles. The highest BCUT2D eigenvalue weighted by molar-refractivity contribution is 5.82. The SMILES string of the molecule is Cc1ccccc1C=NC12CN3CN(CN(C3)C1)C2. The lowest BCUT2D eigenvalue weighted by molar-refractivity contribution is -0.139. The highest BCUT2D eigenvalue weighted by Gasteiger charge is 2.48. The smallest absolute Gasteiger partial charge is 0.0989 e. The molecule has 0 aliphatic carbocycles. The van der Waals surface area contributed by atoms with Gasteiger partial charge in [0.05, 0.1) is 25.5 Å². The van der Waals surface area contributed by atoms with Gasteiger partial charge in [0.25, 0.3) is 0 Å². The van der Waals surface area contributed by atoms with Gasteiger partial charge in [-0.2, -0.15) is 0 Å². The Morgan fingerprint density at radius 3 is 2.16 bits per heavy atom. The first-order valence-corrected chi connectivity index (χ1v) is 7.00. The molecule has 4 saturated heterocycles. The largest absolute Gasteiger partial charge is 0.282 e. The molecule has 4 bridgehead atoms. The topological polar surface area (TPSA) is 22.1 Å². The number of nitrogens with zero attached hydrogens (tertiary/aromatic N) is 4. The molecule has 1 aromatic rings. The molecule has 0 spiro atoms. The summed E-state index contributed by atoms with van der Waals surface area (Å²) in [6.45, 7) is 8.86. The summed E-state index contributed by atoms with van der Waals surface area (Å²) < 4.78 is 0. The maximum atomic E-state index is 5.00. The van der Waals surface area contributed by atoms with Crippen molar-refractivity contribution in [1.29, 1.82) is 0 Å². The molecule has 4 heterocycles. The molecule has 0 atom stereocenters. The van der Waals surface area contributed by atoms with Gasteiger partial charge in [-0.15, -0.1) is 0 Å². The Balaban J connectivity index is 1.61. The molecule has 0 N–H and O–H groups in total. The fourth-order valence-electron chi connectivity index (χ4n) is 3.74. The minimum absolute atomic E-state index is 0.0943. The van der Waals surface area contributed by atoms with Crippen LogP contribution in [0.25, 0.3) is 0 Å². The van der Waals surface area contributed by atoms with Gasteiger partial charge < -0.3 is 0 Å². The predicted octanol–water partition coefficient (Wildman–Crippen LogP) is 0.972. The number of hydrogen-bond acceptors (Lipinski definition) is 4. The molecule has 100 valence electrons. The van der Waals surface area contributed by atoms with Crippen molar-refractivity contribution in [2.75, 3.05) is 39.6 Å². The van der Waals surface area contributed by atoms with Crippen molar-refractivity contribution in [2.45, 2.75) is 12.5 Å². The zero-order valence-corrected chi connectivity index (χ0v) is 11.4. The molecule has 4 heteroatoms. The molecule has 0 amide bonds. The molecule has 0 aromatic heterocycles. The van der Waals surface area contributed by atoms with E-state index in [1.807, 2.05) is 0 Å². The van der Waals surface area contributed by atoms with Gasteiger partial charge in [0.1, 0.15) is 0 Å². The first kappa shape index (κ1) is 11.6. The summed E-state index contributed by atoms with van der Waals surface area (Å²) in [6, 6.07) is 8.47. The summed E-state index contributed by atoms with van der Waals surface area (Å²) in [5, 5.41) is 0. The van der Waals surface area contributed by atoms with Gasteiger partial charge >= 0.3 is 0 Å². The van der Waals surface area contributed by atoms with E-state index in [4.69, 9.17) is 4.99 Å². The number of hydrogen-bond donors (Lipinski definition) is 0. The van der Waals surface area contributed by atoms with Crippen molar-refractivity contribution in [3.8, 4) is 0 Å². The van der Waals surface area contributed by atoms with E-state index in [1.165, 1.54) is 11.1 Å². The Labute approximate surface area is 114 Å². The number of aliphatic imine (C=N–C) groups is 1. The third kappa shape index (κ3) is 2.00. The highest BCUT2D eigenvalue weighted by Crippen LogP contribution is 2.31. The lowest BCUT2D eigenvalue weighted by Gasteiger charge is -2.59. The molecule has 1 aromatic carbocycles. The zero-order chi connectivity index (χ0) is 12.9. The van der Waals surface area contributed by atoms with E-state index in [2.05, 4.69) is 52.1 Å². The van der Waals surface area contributed by atoms with Gasteiger partial charge in [-0.3, -0.25) is 19.7 Å². The van der Waals surface area contributed by atoms with Crippen LogP contribution in [0.3, 0.4) is 0 Å². The van der Waals surface area contributed by atoms with Gasteiger partial charge in [0.15, 0.2) is 0 Å². The predicted molar refractivity (Wildman–Crippen MR) is 76.2 cm³/mol. The van der Waals surface area contributed by atoms with Crippen molar-refractivity contribution in [1.82, 2.24) is 14.7 Å². The van der Waals surface area contributed by atoms with E-state index in [0.717, 1.165) is 39.6 Å². The maximum absolute atomic E-state index is 5.00. The van der Waals surface area contributed by atoms with Crippen LogP contribution in [0.1, 0.15) is 11.1 Å². The van der Waals surface area contributed by atoms with E-state index in [0.29, 0.717) is 0 Å². The van der Waals surface area contributed by atoms with Crippen molar-refractivity contribution in [3.05, 3.63) is 35.4 Å². The van der Waals surface area contributed by atoms with E-state index < -0.39 is 0 Å². The van der Waals surface area contributed by atoms with E-state index in [9.17, 15) is 0 Å². The minimum atomic E-state index is 0.0943. The lowest BCUT2D eigenvalue weighted by atomic mass is 9.91. The van der Waals surface area contributed by atoms with Crippen LogP contribution in [0.4, 0.5) is 0 Å². The molecule has 0 unspecified atom stereocenters. The number of aryl methyl sites for hydroxylation is 1. The number of benzene rings is 1. The maximum Gasteiger partial charge on any atom is 0.0989 e. The summed E-state index contributed by atoms with van der Waals surface area (Å²) in [7, 11) is 0. The van der Waals surface area contributed by atoms with Crippen LogP contribution in [0.2, 0.25) is 0 Å². The van der Waals surface area contributed by atoms with Gasteiger partial charge in [0, 0.05) is 25.8 Å². The van der Waals surface area contributed by atoms with Crippen LogP contribution in [0, 0.1) is 6.92 Å². The van der Waals surface area contributed by atoms with Gasteiger partial charge in [-0.05, 0) is 18.1 Å². The number of rotatable bonds is 2. The van der Waals surface area contributed by atoms with Crippen LogP contribution in [-0.2, 0) is 0 Å². The Bertz CT molecular complexity index is 487. The average Bonchev–Trinajstić information content (AvgIpc) is 2.36. The first-order valence-electron chi connectivity index (χ1n) is 7.00. The quantitative estimate of drug-likeness (QED) is 0.736. The second kappa shape index (κ2) is 4.13. The van der Waals surface area contributed by atoms with E-state index >= 15 is 0 Å². The second-order valence-corrected chi connectivity index (χ2v) is 6.25. The third-order valence-electron chi connectivity index (χ3n) is 4.42. The summed E-state index contributed by atoms with van der Waals surface area (Å²) in [5.41, 5.74) is 2.65. The van der Waals surface area contributed by atoms with Crippen molar-refractivity contribution in [2.24, 2.45) is 4.99 Å². The fourth-order valence-corrected chi connectivity index (χ4v) is 3.74. The van der Waals surface area contributed by atoms with Crippen molar-refractivity contribution in [3.63, 3.8) is 0 Å². The second-order valence-electron chi connectivity index (χ2n) is 6.25. The van der Waals surface area contributed by atoms with Gasteiger partial charge in [-0.25, -0.2) is 0 Å². The molecule has 0 radical (unpaired) electrons. The standard InChI is InChI=1S/C15H20N4/c1-13-4-2-3-5-14(13)6-16-15-7-17-10-18(8-15)12-19(9-15)11-17/h2-6H,7-12H2,1H3. The monoisotopic (exact) mass is 256 g/mol. The Kier molecular flexibility index (Phi) is 2.52. The molecular weight excluding hydrogens is 236 g/mol. The lowest BCUT2D eigenvalue weighted by Crippen LogP contribution is -2.75. The van der Waals surface area contributed by atoms with Crippen LogP contribution in [0.5, 0.6) is 0 Å². The van der Waals surface area contributed by atoms with Crippen molar-refractivity contribution < 1.29 is 0 Å². The molecular formula is C15H20N4. The fraction of sp³-hybridized carbons (Fsp3) is 0.533. The highest BCUT2D eigenvalue weighted by atomic mass is 15.6. The van der Waals surface area contributed by atoms with Crippen LogP contribution < -0.4 is 0 Å². The minimum Gasteiger partial charge on any atom is -0.282 e. The summed E-state index contributed by atoms with van der Waals surface area (Å²) in [4.78, 5) is 12.5. The molecule has 0 saturated carbocycles. The average molecular weight is 256 g/mol. The van der Waals surface area contributed by atoms with Gasteiger partial charge in [0.2, 0.25) is 0 Å². The normalized spacial score (nSPS) is 40.2. The zero-order valence-electron chi connectivity index (χ0n) is 11.4. The molecule has 4 fully saturated rings. The first-order chi connectivity index (χ1) is 9.22. The summed E-state index contributed by atoms with van der Waals surface area (Å²) in [5.74, 6) is 0. The molecule has 4 nitrogen and oxygen atoms in total. The third-order valence-corrected chi connectivity index (χ3v) is 4.42.